The summed E-state index contributed by atoms with van der Waals surface area (Å²) in [5, 5.41) is 23.0. The molecule has 328 valence electrons. The second kappa shape index (κ2) is 18.0. The normalized spacial score (nSPS) is 24.4. The minimum Gasteiger partial charge on any atom is -0.494 e. The van der Waals surface area contributed by atoms with Crippen LogP contribution in [0.3, 0.4) is 0 Å². The number of anilines is 3. The van der Waals surface area contributed by atoms with Gasteiger partial charge in [0.2, 0.25) is 20.2 Å². The minimum absolute atomic E-state index is 0.0825. The number of carbonyl (C=O) groups excluding carboxylic acids is 3. The van der Waals surface area contributed by atoms with Crippen LogP contribution in [0.15, 0.2) is 89.4 Å². The van der Waals surface area contributed by atoms with Gasteiger partial charge < -0.3 is 38.9 Å². The summed E-state index contributed by atoms with van der Waals surface area (Å²) >= 11 is 3.62. The van der Waals surface area contributed by atoms with E-state index in [1.54, 1.807) is 27.8 Å². The molecule has 0 aromatic heterocycles. The lowest BCUT2D eigenvalue weighted by atomic mass is 9.82. The third-order valence-corrected chi connectivity index (χ3v) is 16.2. The van der Waals surface area contributed by atoms with Crippen LogP contribution in [-0.2, 0) is 50.7 Å². The van der Waals surface area contributed by atoms with Gasteiger partial charge in [-0.3, -0.25) is 19.3 Å². The van der Waals surface area contributed by atoms with Crippen molar-refractivity contribution in [2.45, 2.75) is 101 Å². The standard InChI is InChI=1S/C48H56BrFN4O7Si/c1-5-60-38-17-19-41-34(23-38)24-40(51-20-8-9-21-55)46(58)54(41)36-15-12-31(13-16-36)27-53-42-18-14-35(49)25-39(42)48(47(53)59)30(2)45(62(3,4)50)43(61-48)26-44(57)52-28-33-11-7-6-10-32(33)22-37(52)29-56/h6-7,10-19,23,25,30,37,40,43,45,51,55-56H,5,8-9,20-22,24,26-29H2,1-4H3/t30-,37-,40?,43+,45-,48+/m0/s1. The van der Waals surface area contributed by atoms with Crippen molar-refractivity contribution < 1.29 is 38.2 Å². The Hall–Kier alpha value is -4.44. The number of hydrogen-bond acceptors (Lipinski definition) is 8. The van der Waals surface area contributed by atoms with Crippen LogP contribution >= 0.6 is 15.9 Å². The molecule has 4 heterocycles. The number of nitrogens with zero attached hydrogens (tertiary/aromatic N) is 3. The van der Waals surface area contributed by atoms with Crippen molar-refractivity contribution in [2.24, 2.45) is 5.92 Å². The molecule has 11 nitrogen and oxygen atoms in total. The van der Waals surface area contributed by atoms with Gasteiger partial charge in [-0.1, -0.05) is 59.3 Å². The second-order valence-corrected chi connectivity index (χ2v) is 22.3. The summed E-state index contributed by atoms with van der Waals surface area (Å²) in [6, 6.07) is 26.1. The van der Waals surface area contributed by atoms with Crippen molar-refractivity contribution >= 4 is 59.1 Å². The Bertz CT molecular complexity index is 2330. The van der Waals surface area contributed by atoms with Crippen LogP contribution in [0.1, 0.15) is 60.9 Å². The third-order valence-electron chi connectivity index (χ3n) is 13.2. The first-order valence-electron chi connectivity index (χ1n) is 21.8. The van der Waals surface area contributed by atoms with E-state index in [0.29, 0.717) is 55.9 Å². The number of unbranched alkanes of at least 4 members (excludes halogenated alkanes) is 1. The van der Waals surface area contributed by atoms with E-state index < -0.39 is 43.7 Å². The number of aliphatic hydroxyl groups excluding tert-OH is 2. The maximum atomic E-state index is 16.7. The molecular weight excluding hydrogens is 872 g/mol. The van der Waals surface area contributed by atoms with E-state index in [4.69, 9.17) is 9.47 Å². The maximum Gasteiger partial charge on any atom is 0.264 e. The van der Waals surface area contributed by atoms with E-state index in [1.165, 1.54) is 0 Å². The third kappa shape index (κ3) is 8.14. The number of benzene rings is 4. The SMILES string of the molecule is CCOc1ccc2c(c1)CC(NCCCCO)C(=O)N2c1ccc(CN2C(=O)[C@]3(O[C@H](CC(=O)N4Cc5ccccc5C[C@H]4CO)[C@@H]([Si](C)(C)F)[C@@H]3C)c3cc(Br)ccc32)cc1. The zero-order valence-corrected chi connectivity index (χ0v) is 38.4. The number of ether oxygens (including phenoxy) is 2. The quantitative estimate of drug-likeness (QED) is 0.0676. The highest BCUT2D eigenvalue weighted by Crippen LogP contribution is 2.60. The van der Waals surface area contributed by atoms with Crippen LogP contribution < -0.4 is 19.9 Å². The number of nitrogens with one attached hydrogen (secondary N) is 1. The van der Waals surface area contributed by atoms with Crippen molar-refractivity contribution in [1.29, 1.82) is 0 Å². The Labute approximate surface area is 372 Å². The lowest BCUT2D eigenvalue weighted by Gasteiger charge is -2.37. The van der Waals surface area contributed by atoms with E-state index in [2.05, 4.69) is 21.2 Å². The van der Waals surface area contributed by atoms with Crippen LogP contribution in [0.4, 0.5) is 21.2 Å². The first kappa shape index (κ1) is 44.2. The molecule has 0 radical (unpaired) electrons. The van der Waals surface area contributed by atoms with Gasteiger partial charge in [0.25, 0.3) is 5.91 Å². The van der Waals surface area contributed by atoms with Crippen molar-refractivity contribution in [3.63, 3.8) is 0 Å². The van der Waals surface area contributed by atoms with Crippen LogP contribution in [0, 0.1) is 5.92 Å². The average Bonchev–Trinajstić information content (AvgIpc) is 3.67. The van der Waals surface area contributed by atoms with Gasteiger partial charge in [-0.25, -0.2) is 0 Å². The summed E-state index contributed by atoms with van der Waals surface area (Å²) in [5.41, 5.74) is 4.46. The fourth-order valence-corrected chi connectivity index (χ4v) is 13.2. The molecule has 8 rings (SSSR count). The molecule has 4 aromatic rings. The molecule has 3 amide bonds. The number of rotatable bonds is 14. The summed E-state index contributed by atoms with van der Waals surface area (Å²) < 4.78 is 30.2. The molecule has 1 spiro atoms. The molecule has 1 unspecified atom stereocenters. The molecular formula is C48H56BrFN4O7Si. The number of amides is 3. The van der Waals surface area contributed by atoms with Gasteiger partial charge in [-0.05, 0) is 123 Å². The van der Waals surface area contributed by atoms with Crippen molar-refractivity contribution in [2.75, 3.05) is 36.2 Å². The zero-order valence-electron chi connectivity index (χ0n) is 35.8. The number of carbonyl (C=O) groups is 3. The first-order valence-corrected chi connectivity index (χ1v) is 25.5. The van der Waals surface area contributed by atoms with Gasteiger partial charge in [0.05, 0.1) is 55.7 Å². The van der Waals surface area contributed by atoms with Crippen LogP contribution in [0.25, 0.3) is 0 Å². The van der Waals surface area contributed by atoms with E-state index in [0.717, 1.165) is 44.6 Å². The van der Waals surface area contributed by atoms with Gasteiger partial charge in [0, 0.05) is 40.3 Å². The van der Waals surface area contributed by atoms with Crippen molar-refractivity contribution in [1.82, 2.24) is 10.2 Å². The molecule has 6 atom stereocenters. The van der Waals surface area contributed by atoms with Crippen LogP contribution in [0.2, 0.25) is 18.6 Å². The first-order chi connectivity index (χ1) is 29.8. The Morgan fingerprint density at radius 2 is 1.71 bits per heavy atom. The molecule has 1 fully saturated rings. The summed E-state index contributed by atoms with van der Waals surface area (Å²) in [4.78, 5) is 48.6. The smallest absolute Gasteiger partial charge is 0.264 e. The highest BCUT2D eigenvalue weighted by Gasteiger charge is 2.67. The number of fused-ring (bicyclic) bond motifs is 4. The summed E-state index contributed by atoms with van der Waals surface area (Å²) in [6.07, 6.45) is 1.44. The lowest BCUT2D eigenvalue weighted by molar-refractivity contribution is -0.151. The molecule has 4 aromatic carbocycles. The van der Waals surface area contributed by atoms with E-state index in [1.807, 2.05) is 98.8 Å². The largest absolute Gasteiger partial charge is 0.494 e. The monoisotopic (exact) mass is 926 g/mol. The number of halogens is 2. The zero-order chi connectivity index (χ0) is 43.9. The van der Waals surface area contributed by atoms with E-state index >= 15 is 8.90 Å². The van der Waals surface area contributed by atoms with Crippen molar-refractivity contribution in [3.8, 4) is 5.75 Å². The minimum atomic E-state index is -3.56. The molecule has 3 N–H and O–H groups in total. The molecule has 0 bridgehead atoms. The fourth-order valence-electron chi connectivity index (χ4n) is 10.4. The van der Waals surface area contributed by atoms with E-state index in [9.17, 15) is 19.8 Å². The van der Waals surface area contributed by atoms with Gasteiger partial charge in [0.15, 0.2) is 5.60 Å². The van der Waals surface area contributed by atoms with Gasteiger partial charge in [-0.15, -0.1) is 0 Å². The molecule has 1 saturated heterocycles. The summed E-state index contributed by atoms with van der Waals surface area (Å²) in [5.74, 6) is -0.474. The van der Waals surface area contributed by atoms with E-state index in [-0.39, 0.29) is 43.9 Å². The Kier molecular flexibility index (Phi) is 12.8. The van der Waals surface area contributed by atoms with Gasteiger partial charge in [0.1, 0.15) is 5.75 Å². The topological polar surface area (TPSA) is 132 Å². The summed E-state index contributed by atoms with van der Waals surface area (Å²) in [6.45, 7) is 8.62. The Morgan fingerprint density at radius 3 is 2.42 bits per heavy atom. The molecule has 4 aliphatic rings. The predicted octanol–water partition coefficient (Wildman–Crippen LogP) is 7.46. The van der Waals surface area contributed by atoms with Crippen LogP contribution in [0.5, 0.6) is 5.75 Å². The molecule has 0 saturated carbocycles. The van der Waals surface area contributed by atoms with Gasteiger partial charge >= 0.3 is 0 Å². The fraction of sp³-hybridized carbons (Fsp3) is 0.438. The summed E-state index contributed by atoms with van der Waals surface area (Å²) in [7, 11) is -3.56. The Morgan fingerprint density at radius 1 is 0.968 bits per heavy atom. The number of aliphatic hydroxyl groups is 2. The predicted molar refractivity (Wildman–Crippen MR) is 243 cm³/mol. The molecule has 0 aliphatic carbocycles. The molecule has 62 heavy (non-hydrogen) atoms. The van der Waals surface area contributed by atoms with Gasteiger partial charge in [-0.2, -0.15) is 0 Å². The Balaban J connectivity index is 1.07. The number of hydrogen-bond donors (Lipinski definition) is 3. The van der Waals surface area contributed by atoms with Crippen molar-refractivity contribution in [3.05, 3.63) is 117 Å². The van der Waals surface area contributed by atoms with Crippen LogP contribution in [-0.4, -0.2) is 85.8 Å². The highest BCUT2D eigenvalue weighted by molar-refractivity contribution is 9.10. The highest BCUT2D eigenvalue weighted by atomic mass is 79.9. The molecule has 4 aliphatic heterocycles. The maximum absolute atomic E-state index is 16.7. The second-order valence-electron chi connectivity index (χ2n) is 17.6. The molecule has 14 heteroatoms. The lowest BCUT2D eigenvalue weighted by Crippen LogP contribution is -2.49. The average molecular weight is 928 g/mol.